The van der Waals surface area contributed by atoms with Crippen molar-refractivity contribution in [1.82, 2.24) is 15.6 Å². The molecule has 0 aliphatic carbocycles. The van der Waals surface area contributed by atoms with Gasteiger partial charge in [-0.15, -0.1) is 0 Å². The molecule has 138 valence electrons. The van der Waals surface area contributed by atoms with Gasteiger partial charge in [0, 0.05) is 31.9 Å². The summed E-state index contributed by atoms with van der Waals surface area (Å²) >= 11 is 0. The van der Waals surface area contributed by atoms with Crippen molar-refractivity contribution in [1.29, 1.82) is 0 Å². The van der Waals surface area contributed by atoms with Gasteiger partial charge in [0.25, 0.3) is 5.91 Å². The van der Waals surface area contributed by atoms with Crippen LogP contribution in [0.25, 0.3) is 0 Å². The lowest BCUT2D eigenvalue weighted by molar-refractivity contribution is -0.137. The molecule has 1 aromatic carbocycles. The van der Waals surface area contributed by atoms with Crippen LogP contribution in [0.4, 0.5) is 24.7 Å². The summed E-state index contributed by atoms with van der Waals surface area (Å²) in [5, 5.41) is 7.87. The normalized spacial score (nSPS) is 10.9. The molecule has 0 aliphatic rings. The van der Waals surface area contributed by atoms with Crippen LogP contribution in [0.1, 0.15) is 22.8 Å². The van der Waals surface area contributed by atoms with Gasteiger partial charge in [0.05, 0.1) is 11.1 Å². The smallest absolute Gasteiger partial charge is 0.355 e. The molecule has 26 heavy (non-hydrogen) atoms. The molecule has 0 radical (unpaired) electrons. The Balaban J connectivity index is 2.11. The Kier molecular flexibility index (Phi) is 6.16. The minimum Gasteiger partial charge on any atom is -0.355 e. The van der Waals surface area contributed by atoms with Crippen LogP contribution in [0.15, 0.2) is 42.6 Å². The molecule has 2 rings (SSSR count). The van der Waals surface area contributed by atoms with Crippen molar-refractivity contribution in [2.24, 2.45) is 0 Å². The van der Waals surface area contributed by atoms with E-state index < -0.39 is 17.6 Å². The lowest BCUT2D eigenvalue weighted by atomic mass is 10.2. The molecule has 9 heteroatoms. The van der Waals surface area contributed by atoms with E-state index >= 15 is 0 Å². The van der Waals surface area contributed by atoms with E-state index in [0.717, 1.165) is 12.1 Å². The minimum atomic E-state index is -4.47. The third-order valence-electron chi connectivity index (χ3n) is 3.29. The lowest BCUT2D eigenvalue weighted by Gasteiger charge is -2.13. The lowest BCUT2D eigenvalue weighted by Crippen LogP contribution is -2.34. The van der Waals surface area contributed by atoms with Gasteiger partial charge in [0.15, 0.2) is 0 Å². The number of anilines is 2. The van der Waals surface area contributed by atoms with Crippen molar-refractivity contribution in [2.75, 3.05) is 18.4 Å². The zero-order valence-corrected chi connectivity index (χ0v) is 13.9. The number of aromatic nitrogens is 1. The maximum Gasteiger partial charge on any atom is 0.416 e. The zero-order chi connectivity index (χ0) is 19.2. The number of rotatable bonds is 6. The summed E-state index contributed by atoms with van der Waals surface area (Å²) in [7, 11) is 0. The maximum absolute atomic E-state index is 12.8. The van der Waals surface area contributed by atoms with Crippen LogP contribution in [0.3, 0.4) is 0 Å². The summed E-state index contributed by atoms with van der Waals surface area (Å²) in [5.74, 6) is -0.547. The molecule has 0 unspecified atom stereocenters. The predicted octanol–water partition coefficient (Wildman–Crippen LogP) is 2.71. The van der Waals surface area contributed by atoms with E-state index in [2.05, 4.69) is 20.9 Å². The molecule has 0 spiro atoms. The Morgan fingerprint density at radius 1 is 1.08 bits per heavy atom. The number of hydrogen-bond acceptors (Lipinski definition) is 4. The quantitative estimate of drug-likeness (QED) is 0.687. The number of halogens is 3. The standard InChI is InChI=1S/C17H17F3N4O2/c1-11(25)21-8-9-23-16(26)14-6-3-7-22-15(14)24-13-5-2-4-12(10-13)17(18,19)20/h2-7,10H,8-9H2,1H3,(H,21,25)(H,22,24)(H,23,26). The van der Waals surface area contributed by atoms with Gasteiger partial charge in [-0.1, -0.05) is 6.07 Å². The Bertz CT molecular complexity index is 794. The van der Waals surface area contributed by atoms with Gasteiger partial charge in [-0.05, 0) is 30.3 Å². The van der Waals surface area contributed by atoms with Crippen molar-refractivity contribution in [3.63, 3.8) is 0 Å². The number of amides is 2. The molecule has 0 saturated carbocycles. The Labute approximate surface area is 147 Å². The SMILES string of the molecule is CC(=O)NCCNC(=O)c1cccnc1Nc1cccc(C(F)(F)F)c1. The third-order valence-corrected chi connectivity index (χ3v) is 3.29. The Morgan fingerprint density at radius 3 is 2.50 bits per heavy atom. The first-order chi connectivity index (χ1) is 12.3. The fourth-order valence-electron chi connectivity index (χ4n) is 2.11. The van der Waals surface area contributed by atoms with Gasteiger partial charge in [0.2, 0.25) is 5.91 Å². The van der Waals surface area contributed by atoms with Crippen LogP contribution in [0.2, 0.25) is 0 Å². The van der Waals surface area contributed by atoms with E-state index in [4.69, 9.17) is 0 Å². The molecule has 0 saturated heterocycles. The van der Waals surface area contributed by atoms with Crippen molar-refractivity contribution in [2.45, 2.75) is 13.1 Å². The van der Waals surface area contributed by atoms with E-state index in [1.54, 1.807) is 6.07 Å². The molecule has 0 aliphatic heterocycles. The summed E-state index contributed by atoms with van der Waals surface area (Å²) in [6, 6.07) is 7.65. The number of carbonyl (C=O) groups excluding carboxylic acids is 2. The van der Waals surface area contributed by atoms with Gasteiger partial charge in [-0.2, -0.15) is 13.2 Å². The van der Waals surface area contributed by atoms with Gasteiger partial charge in [0.1, 0.15) is 5.82 Å². The second kappa shape index (κ2) is 8.32. The number of pyridine rings is 1. The summed E-state index contributed by atoms with van der Waals surface area (Å²) in [6.45, 7) is 1.83. The van der Waals surface area contributed by atoms with E-state index in [1.807, 2.05) is 0 Å². The van der Waals surface area contributed by atoms with Gasteiger partial charge >= 0.3 is 6.18 Å². The van der Waals surface area contributed by atoms with Crippen LogP contribution in [-0.2, 0) is 11.0 Å². The van der Waals surface area contributed by atoms with Crippen molar-refractivity contribution >= 4 is 23.3 Å². The monoisotopic (exact) mass is 366 g/mol. The third kappa shape index (κ3) is 5.47. The number of nitrogens with zero attached hydrogens (tertiary/aromatic N) is 1. The highest BCUT2D eigenvalue weighted by atomic mass is 19.4. The fraction of sp³-hybridized carbons (Fsp3) is 0.235. The predicted molar refractivity (Wildman–Crippen MR) is 90.0 cm³/mol. The van der Waals surface area contributed by atoms with Crippen molar-refractivity contribution in [3.05, 3.63) is 53.7 Å². The van der Waals surface area contributed by atoms with Crippen molar-refractivity contribution in [3.8, 4) is 0 Å². The number of carbonyl (C=O) groups is 2. The van der Waals surface area contributed by atoms with E-state index in [9.17, 15) is 22.8 Å². The van der Waals surface area contributed by atoms with Crippen LogP contribution >= 0.6 is 0 Å². The van der Waals surface area contributed by atoms with Gasteiger partial charge in [-0.3, -0.25) is 9.59 Å². The average molecular weight is 366 g/mol. The molecule has 2 aromatic rings. The molecule has 3 N–H and O–H groups in total. The van der Waals surface area contributed by atoms with Crippen LogP contribution in [0.5, 0.6) is 0 Å². The van der Waals surface area contributed by atoms with Crippen LogP contribution in [-0.4, -0.2) is 29.9 Å². The average Bonchev–Trinajstić information content (AvgIpc) is 2.58. The van der Waals surface area contributed by atoms with Crippen LogP contribution < -0.4 is 16.0 Å². The number of alkyl halides is 3. The first-order valence-electron chi connectivity index (χ1n) is 7.69. The van der Waals surface area contributed by atoms with Crippen LogP contribution in [0, 0.1) is 0 Å². The zero-order valence-electron chi connectivity index (χ0n) is 13.9. The number of nitrogens with one attached hydrogen (secondary N) is 3. The molecular formula is C17H17F3N4O2. The number of hydrogen-bond donors (Lipinski definition) is 3. The fourth-order valence-corrected chi connectivity index (χ4v) is 2.11. The molecule has 6 nitrogen and oxygen atoms in total. The summed E-state index contributed by atoms with van der Waals surface area (Å²) < 4.78 is 38.4. The molecular weight excluding hydrogens is 349 g/mol. The van der Waals surface area contributed by atoms with E-state index in [0.29, 0.717) is 0 Å². The number of benzene rings is 1. The summed E-state index contributed by atoms with van der Waals surface area (Å²) in [4.78, 5) is 27.1. The molecule has 1 aromatic heterocycles. The largest absolute Gasteiger partial charge is 0.416 e. The topological polar surface area (TPSA) is 83.1 Å². The Morgan fingerprint density at radius 2 is 1.81 bits per heavy atom. The Hall–Kier alpha value is -3.10. The molecule has 2 amide bonds. The molecule has 0 fully saturated rings. The van der Waals surface area contributed by atoms with E-state index in [-0.39, 0.29) is 36.1 Å². The molecule has 0 bridgehead atoms. The van der Waals surface area contributed by atoms with Gasteiger partial charge in [-0.25, -0.2) is 4.98 Å². The van der Waals surface area contributed by atoms with E-state index in [1.165, 1.54) is 31.3 Å². The highest BCUT2D eigenvalue weighted by Gasteiger charge is 2.30. The summed E-state index contributed by atoms with van der Waals surface area (Å²) in [5.41, 5.74) is -0.474. The molecule has 0 atom stereocenters. The second-order valence-corrected chi connectivity index (χ2v) is 5.34. The second-order valence-electron chi connectivity index (χ2n) is 5.34. The summed E-state index contributed by atoms with van der Waals surface area (Å²) in [6.07, 6.45) is -3.05. The minimum absolute atomic E-state index is 0.129. The first kappa shape index (κ1) is 19.2. The van der Waals surface area contributed by atoms with Crippen molar-refractivity contribution < 1.29 is 22.8 Å². The maximum atomic E-state index is 12.8. The first-order valence-corrected chi connectivity index (χ1v) is 7.69. The van der Waals surface area contributed by atoms with Gasteiger partial charge < -0.3 is 16.0 Å². The highest BCUT2D eigenvalue weighted by Crippen LogP contribution is 2.31. The highest BCUT2D eigenvalue weighted by molar-refractivity contribution is 5.99. The molecule has 1 heterocycles.